The molecule has 2 bridgehead atoms. The number of amides is 1. The van der Waals surface area contributed by atoms with Gasteiger partial charge in [0.2, 0.25) is 0 Å². The zero-order chi connectivity index (χ0) is 52.0. The van der Waals surface area contributed by atoms with Crippen molar-refractivity contribution in [1.82, 2.24) is 5.32 Å². The molecule has 1 spiro atoms. The van der Waals surface area contributed by atoms with Gasteiger partial charge in [0.1, 0.15) is 29.5 Å². The molecule has 1 saturated heterocycles. The maximum Gasteiger partial charge on any atom is 0.408 e. The highest BCUT2D eigenvalue weighted by molar-refractivity contribution is 5.97. The molecule has 4 aliphatic carbocycles. The first kappa shape index (κ1) is 47.9. The molecule has 3 saturated carbocycles. The standard InChI is InChI=1S/C53H69NO14/c1-15-50(13,48(8,9)10)68-47(61)54-39(35-22-21-27(2)28(3)29(35)4)40(57)46(60)65-36-25-53(62-14)44(66-45(59)33-19-17-16-18-20-33)42-51(24-34(51)23-37-52(42,26-63-37)67-32(7)56)43(58)41(64-31(6)55)38(30(36)5)49(53,11)12/h16-22,34,36-37,39-42,44,57H,15,23-26H2,1-14H3,(H,54,61)/t34-,36+,37-,39+,40-,41-,42+,44+,50?,51-,52+,53-/m1/s1/i21D,22D. The largest absolute Gasteiger partial charge is 0.456 e. The Balaban J connectivity index is 1.40. The van der Waals surface area contributed by atoms with Gasteiger partial charge in [0.05, 0.1) is 26.9 Å². The number of esters is 4. The summed E-state index contributed by atoms with van der Waals surface area (Å²) in [5, 5.41) is 15.0. The third kappa shape index (κ3) is 7.93. The SMILES string of the molecule is [2H]c1c([2H])c([C@H](NC(=O)OC(C)(CC)C(C)(C)C)[C@@H](O)C(=O)O[C@H]2C[C@@]3(OC)[C@@H](OC(=O)c4ccccc4)[C@@H]4[C@]5(OC(C)=O)CO[C@@H]5C[C@@H]5C[C@@]54C(=O)[C@H](OC(C)=O)C(=C2C)C3(C)C)c(C)c(C)c1C. The number of benzene rings is 2. The molecule has 5 aliphatic rings. The van der Waals surface area contributed by atoms with Crippen LogP contribution in [-0.4, -0.2) is 102 Å². The lowest BCUT2D eigenvalue weighted by Crippen LogP contribution is -2.78. The Bertz CT molecular complexity index is 2510. The number of carbonyl (C=O) groups excluding carboxylic acids is 6. The minimum atomic E-state index is -2.23. The van der Waals surface area contributed by atoms with E-state index in [2.05, 4.69) is 5.32 Å². The number of ketones is 1. The van der Waals surface area contributed by atoms with Crippen LogP contribution in [0.2, 0.25) is 0 Å². The van der Waals surface area contributed by atoms with Crippen LogP contribution in [0.25, 0.3) is 0 Å². The van der Waals surface area contributed by atoms with Crippen LogP contribution < -0.4 is 5.32 Å². The van der Waals surface area contributed by atoms with E-state index in [1.165, 1.54) is 21.0 Å². The first-order chi connectivity index (χ1) is 32.5. The Morgan fingerprint density at radius 1 is 0.941 bits per heavy atom. The number of carbonyl (C=O) groups is 6. The van der Waals surface area contributed by atoms with Gasteiger partial charge < -0.3 is 43.6 Å². The second-order valence-electron chi connectivity index (χ2n) is 21.3. The summed E-state index contributed by atoms with van der Waals surface area (Å²) in [5.74, 6) is -5.50. The van der Waals surface area contributed by atoms with Crippen molar-refractivity contribution in [3.63, 3.8) is 0 Å². The summed E-state index contributed by atoms with van der Waals surface area (Å²) in [6.07, 6.45) is -7.62. The minimum Gasteiger partial charge on any atom is -0.456 e. The first-order valence-corrected chi connectivity index (χ1v) is 23.5. The van der Waals surface area contributed by atoms with Crippen molar-refractivity contribution in [2.24, 2.45) is 28.1 Å². The molecule has 7 rings (SSSR count). The van der Waals surface area contributed by atoms with Gasteiger partial charge in [0, 0.05) is 43.6 Å². The number of Topliss-reactive ketones (excluding diaryl/α,β-unsaturated/α-hetero) is 1. The highest BCUT2D eigenvalue weighted by atomic mass is 16.6. The smallest absolute Gasteiger partial charge is 0.408 e. The number of nitrogens with one attached hydrogen (secondary N) is 1. The second kappa shape index (κ2) is 17.7. The van der Waals surface area contributed by atoms with Gasteiger partial charge in [-0.3, -0.25) is 14.4 Å². The molecular weight excluding hydrogens is 875 g/mol. The van der Waals surface area contributed by atoms with E-state index in [9.17, 15) is 29.1 Å². The van der Waals surface area contributed by atoms with E-state index in [4.69, 9.17) is 35.9 Å². The topological polar surface area (TPSA) is 199 Å². The molecule has 2 N–H and O–H groups in total. The maximum atomic E-state index is 15.8. The molecule has 68 heavy (non-hydrogen) atoms. The zero-order valence-corrected chi connectivity index (χ0v) is 41.8. The Hall–Kier alpha value is -5.12. The molecule has 15 heteroatoms. The summed E-state index contributed by atoms with van der Waals surface area (Å²) in [4.78, 5) is 85.7. The molecule has 12 atom stereocenters. The summed E-state index contributed by atoms with van der Waals surface area (Å²) in [5.41, 5.74) is -5.43. The molecule has 370 valence electrons. The highest BCUT2D eigenvalue weighted by Crippen LogP contribution is 2.75. The number of aliphatic hydroxyl groups is 1. The van der Waals surface area contributed by atoms with Crippen molar-refractivity contribution in [3.8, 4) is 0 Å². The van der Waals surface area contributed by atoms with Gasteiger partial charge >= 0.3 is 30.0 Å². The molecule has 0 radical (unpaired) electrons. The molecule has 2 aromatic rings. The summed E-state index contributed by atoms with van der Waals surface area (Å²) in [7, 11) is 1.40. The van der Waals surface area contributed by atoms with Crippen LogP contribution in [0.4, 0.5) is 4.79 Å². The van der Waals surface area contributed by atoms with Gasteiger partial charge in [-0.2, -0.15) is 0 Å². The van der Waals surface area contributed by atoms with E-state index < -0.39 is 111 Å². The van der Waals surface area contributed by atoms with Crippen molar-refractivity contribution in [2.75, 3.05) is 13.7 Å². The van der Waals surface area contributed by atoms with Crippen LogP contribution in [0.3, 0.4) is 0 Å². The van der Waals surface area contributed by atoms with Crippen LogP contribution in [0.15, 0.2) is 53.6 Å². The van der Waals surface area contributed by atoms with Gasteiger partial charge in [-0.1, -0.05) is 71.8 Å². The Kier molecular flexibility index (Phi) is 12.5. The number of alkyl carbamates (subject to hydrolysis) is 1. The Morgan fingerprint density at radius 2 is 1.60 bits per heavy atom. The van der Waals surface area contributed by atoms with Crippen molar-refractivity contribution in [1.29, 1.82) is 0 Å². The summed E-state index contributed by atoms with van der Waals surface area (Å²) in [6, 6.07) is 6.02. The third-order valence-electron chi connectivity index (χ3n) is 16.8. The number of fused-ring (bicyclic) bond motifs is 4. The fourth-order valence-electron chi connectivity index (χ4n) is 12.0. The number of ether oxygens (including phenoxy) is 7. The van der Waals surface area contributed by atoms with Crippen molar-refractivity contribution in [3.05, 3.63) is 81.4 Å². The molecule has 0 aromatic heterocycles. The number of hydrogen-bond donors (Lipinski definition) is 2. The summed E-state index contributed by atoms with van der Waals surface area (Å²) in [6.45, 7) is 21.8. The Labute approximate surface area is 402 Å². The van der Waals surface area contributed by atoms with Gasteiger partial charge in [-0.05, 0) is 105 Å². The van der Waals surface area contributed by atoms with E-state index in [-0.39, 0.29) is 59.7 Å². The van der Waals surface area contributed by atoms with E-state index in [1.807, 2.05) is 27.7 Å². The van der Waals surface area contributed by atoms with Crippen LogP contribution in [0.5, 0.6) is 0 Å². The molecule has 1 heterocycles. The predicted octanol–water partition coefficient (Wildman–Crippen LogP) is 7.47. The zero-order valence-electron chi connectivity index (χ0n) is 43.8. The number of rotatable bonds is 12. The molecule has 1 aliphatic heterocycles. The fraction of sp³-hybridized carbons (Fsp3) is 0.623. The van der Waals surface area contributed by atoms with Gasteiger partial charge in [0.15, 0.2) is 23.6 Å². The lowest BCUT2D eigenvalue weighted by Gasteiger charge is -2.65. The van der Waals surface area contributed by atoms with Crippen LogP contribution in [0.1, 0.15) is 136 Å². The first-order valence-electron chi connectivity index (χ1n) is 24.5. The number of aliphatic hydroxyl groups excluding tert-OH is 1. The quantitative estimate of drug-likeness (QED) is 0.121. The van der Waals surface area contributed by atoms with E-state index >= 15 is 4.79 Å². The second-order valence-corrected chi connectivity index (χ2v) is 21.3. The van der Waals surface area contributed by atoms with Crippen molar-refractivity contribution < 1.29 is 69.8 Å². The number of hydrogen-bond acceptors (Lipinski definition) is 14. The highest BCUT2D eigenvalue weighted by Gasteiger charge is 2.84. The van der Waals surface area contributed by atoms with Crippen molar-refractivity contribution >= 4 is 35.8 Å². The maximum absolute atomic E-state index is 15.8. The molecular formula is C53H69NO14. The van der Waals surface area contributed by atoms with E-state index in [0.717, 1.165) is 0 Å². The fourth-order valence-corrected chi connectivity index (χ4v) is 12.0. The summed E-state index contributed by atoms with van der Waals surface area (Å²) < 4.78 is 62.2. The van der Waals surface area contributed by atoms with Crippen LogP contribution in [0, 0.1) is 48.9 Å². The van der Waals surface area contributed by atoms with Crippen LogP contribution in [-0.2, 0) is 52.3 Å². The molecule has 1 amide bonds. The normalized spacial score (nSPS) is 32.2. The average Bonchev–Trinajstić information content (AvgIpc) is 4.02. The van der Waals surface area contributed by atoms with E-state index in [1.54, 1.807) is 78.8 Å². The van der Waals surface area contributed by atoms with Crippen molar-refractivity contribution in [2.45, 2.75) is 169 Å². The molecule has 1 unspecified atom stereocenters. The predicted molar refractivity (Wildman–Crippen MR) is 247 cm³/mol. The molecule has 4 fully saturated rings. The van der Waals surface area contributed by atoms with Gasteiger partial charge in [0.25, 0.3) is 0 Å². The van der Waals surface area contributed by atoms with E-state index in [0.29, 0.717) is 29.5 Å². The molecule has 15 nitrogen and oxygen atoms in total. The Morgan fingerprint density at radius 3 is 2.16 bits per heavy atom. The molecule has 2 aromatic carbocycles. The third-order valence-corrected chi connectivity index (χ3v) is 16.8. The monoisotopic (exact) mass is 945 g/mol. The lowest BCUT2D eigenvalue weighted by atomic mass is 9.48. The minimum absolute atomic E-state index is 0.00938. The van der Waals surface area contributed by atoms with Crippen LogP contribution >= 0.6 is 0 Å². The lowest BCUT2D eigenvalue weighted by molar-refractivity contribution is -0.325. The van der Waals surface area contributed by atoms with Gasteiger partial charge in [-0.15, -0.1) is 0 Å². The number of methoxy groups -OCH3 is 1. The summed E-state index contributed by atoms with van der Waals surface area (Å²) >= 11 is 0. The average molecular weight is 946 g/mol. The van der Waals surface area contributed by atoms with Gasteiger partial charge in [-0.25, -0.2) is 14.4 Å².